The number of anilines is 1. The molecule has 0 spiro atoms. The number of halogens is 1. The minimum Gasteiger partial charge on any atom is -0.321 e. The number of hydrogen-bond acceptors (Lipinski definition) is 2. The lowest BCUT2D eigenvalue weighted by Crippen LogP contribution is -2.12. The first-order chi connectivity index (χ1) is 14.2. The van der Waals surface area contributed by atoms with Gasteiger partial charge in [0.15, 0.2) is 0 Å². The Kier molecular flexibility index (Phi) is 4.66. The van der Waals surface area contributed by atoms with E-state index in [0.717, 1.165) is 21.3 Å². The van der Waals surface area contributed by atoms with E-state index >= 15 is 0 Å². The Balaban J connectivity index is 1.69. The zero-order chi connectivity index (χ0) is 19.8. The van der Waals surface area contributed by atoms with Crippen LogP contribution < -0.4 is 5.32 Å². The third-order valence-corrected chi connectivity index (χ3v) is 7.11. The van der Waals surface area contributed by atoms with Crippen LogP contribution in [0.1, 0.15) is 10.4 Å². The lowest BCUT2D eigenvalue weighted by atomic mass is 9.98. The number of fused-ring (bicyclic) bond motifs is 3. The van der Waals surface area contributed by atoms with Gasteiger partial charge < -0.3 is 5.32 Å². The largest absolute Gasteiger partial charge is 0.321 e. The molecular formula is C25H16BrNOS. The average Bonchev–Trinajstić information content (AvgIpc) is 3.16. The second-order valence-corrected chi connectivity index (χ2v) is 8.67. The predicted octanol–water partition coefficient (Wildman–Crippen LogP) is 7.74. The average molecular weight is 458 g/mol. The number of carbonyl (C=O) groups excluding carboxylic acids is 1. The Bertz CT molecular complexity index is 1360. The molecule has 5 rings (SSSR count). The van der Waals surface area contributed by atoms with E-state index in [1.165, 1.54) is 20.2 Å². The molecule has 0 bridgehead atoms. The van der Waals surface area contributed by atoms with E-state index in [-0.39, 0.29) is 5.91 Å². The Morgan fingerprint density at radius 1 is 0.759 bits per heavy atom. The maximum Gasteiger partial charge on any atom is 0.255 e. The number of carbonyl (C=O) groups is 1. The third kappa shape index (κ3) is 3.24. The molecule has 1 amide bonds. The summed E-state index contributed by atoms with van der Waals surface area (Å²) in [5.74, 6) is -0.110. The second-order valence-electron chi connectivity index (χ2n) is 6.76. The van der Waals surface area contributed by atoms with Gasteiger partial charge in [0, 0.05) is 36.8 Å². The van der Waals surface area contributed by atoms with Crippen LogP contribution >= 0.6 is 27.3 Å². The lowest BCUT2D eigenvalue weighted by Gasteiger charge is -2.13. The monoisotopic (exact) mass is 457 g/mol. The van der Waals surface area contributed by atoms with Gasteiger partial charge in [-0.05, 0) is 51.8 Å². The van der Waals surface area contributed by atoms with Gasteiger partial charge in [-0.25, -0.2) is 0 Å². The molecule has 140 valence electrons. The molecule has 0 aliphatic heterocycles. The van der Waals surface area contributed by atoms with Crippen molar-refractivity contribution >= 4 is 59.0 Å². The Labute approximate surface area is 180 Å². The first-order valence-electron chi connectivity index (χ1n) is 9.28. The molecule has 0 atom stereocenters. The highest BCUT2D eigenvalue weighted by Gasteiger charge is 2.16. The van der Waals surface area contributed by atoms with Crippen LogP contribution in [0.25, 0.3) is 31.3 Å². The van der Waals surface area contributed by atoms with Gasteiger partial charge in [0.05, 0.1) is 4.70 Å². The number of amides is 1. The van der Waals surface area contributed by atoms with Crippen molar-refractivity contribution in [2.24, 2.45) is 0 Å². The normalized spacial score (nSPS) is 11.1. The first-order valence-corrected chi connectivity index (χ1v) is 10.9. The fourth-order valence-electron chi connectivity index (χ4n) is 3.63. The van der Waals surface area contributed by atoms with Crippen LogP contribution in [-0.4, -0.2) is 5.91 Å². The first kappa shape index (κ1) is 18.1. The molecule has 0 saturated heterocycles. The number of hydrogen-bond donors (Lipinski definition) is 1. The zero-order valence-corrected chi connectivity index (χ0v) is 17.8. The lowest BCUT2D eigenvalue weighted by molar-refractivity contribution is 0.102. The van der Waals surface area contributed by atoms with E-state index in [1.807, 2.05) is 48.5 Å². The smallest absolute Gasteiger partial charge is 0.255 e. The van der Waals surface area contributed by atoms with E-state index in [2.05, 4.69) is 63.7 Å². The van der Waals surface area contributed by atoms with Crippen LogP contribution in [0.5, 0.6) is 0 Å². The summed E-state index contributed by atoms with van der Waals surface area (Å²) in [6.07, 6.45) is 0. The Morgan fingerprint density at radius 3 is 2.34 bits per heavy atom. The van der Waals surface area contributed by atoms with Crippen LogP contribution in [0.2, 0.25) is 0 Å². The summed E-state index contributed by atoms with van der Waals surface area (Å²) in [5.41, 5.74) is 3.58. The number of para-hydroxylation sites is 1. The van der Waals surface area contributed by atoms with Crippen molar-refractivity contribution in [1.29, 1.82) is 0 Å². The van der Waals surface area contributed by atoms with Crippen LogP contribution in [0.3, 0.4) is 0 Å². The highest BCUT2D eigenvalue weighted by atomic mass is 79.9. The molecule has 0 saturated carbocycles. The van der Waals surface area contributed by atoms with E-state index in [4.69, 9.17) is 0 Å². The SMILES string of the molecule is O=C(Nc1ccccc1-c1ccc(Br)c2sc3ccccc3c12)c1ccccc1. The summed E-state index contributed by atoms with van der Waals surface area (Å²) in [5, 5.41) is 5.54. The van der Waals surface area contributed by atoms with Crippen molar-refractivity contribution in [3.8, 4) is 11.1 Å². The molecule has 2 nitrogen and oxygen atoms in total. The van der Waals surface area contributed by atoms with Crippen molar-refractivity contribution in [1.82, 2.24) is 0 Å². The summed E-state index contributed by atoms with van der Waals surface area (Å²) < 4.78 is 3.55. The predicted molar refractivity (Wildman–Crippen MR) is 127 cm³/mol. The fraction of sp³-hybridized carbons (Fsp3) is 0. The van der Waals surface area contributed by atoms with Gasteiger partial charge in [0.25, 0.3) is 5.91 Å². The fourth-order valence-corrected chi connectivity index (χ4v) is 5.34. The summed E-state index contributed by atoms with van der Waals surface area (Å²) in [4.78, 5) is 12.8. The molecule has 1 aromatic heterocycles. The summed E-state index contributed by atoms with van der Waals surface area (Å²) in [6, 6.07) is 29.9. The Hall–Kier alpha value is -2.95. The van der Waals surface area contributed by atoms with Crippen LogP contribution in [0.4, 0.5) is 5.69 Å². The van der Waals surface area contributed by atoms with Gasteiger partial charge in [-0.15, -0.1) is 11.3 Å². The second kappa shape index (κ2) is 7.47. The molecule has 0 unspecified atom stereocenters. The molecule has 5 aromatic rings. The highest BCUT2D eigenvalue weighted by Crippen LogP contribution is 2.44. The molecule has 4 heteroatoms. The van der Waals surface area contributed by atoms with Crippen molar-refractivity contribution in [2.45, 2.75) is 0 Å². The molecule has 0 fully saturated rings. The molecule has 29 heavy (non-hydrogen) atoms. The van der Waals surface area contributed by atoms with Crippen molar-refractivity contribution < 1.29 is 4.79 Å². The van der Waals surface area contributed by atoms with Gasteiger partial charge in [-0.1, -0.05) is 60.7 Å². The zero-order valence-electron chi connectivity index (χ0n) is 15.4. The third-order valence-electron chi connectivity index (χ3n) is 4.98. The maximum absolute atomic E-state index is 12.8. The topological polar surface area (TPSA) is 29.1 Å². The maximum atomic E-state index is 12.8. The number of nitrogens with one attached hydrogen (secondary N) is 1. The summed E-state index contributed by atoms with van der Waals surface area (Å²) >= 11 is 5.49. The molecular weight excluding hydrogens is 442 g/mol. The molecule has 1 heterocycles. The Morgan fingerprint density at radius 2 is 1.48 bits per heavy atom. The molecule has 1 N–H and O–H groups in total. The molecule has 0 radical (unpaired) electrons. The standard InChI is InChI=1S/C25H16BrNOS/c26-20-15-14-18(23-19-11-5-7-13-22(19)29-24(20)23)17-10-4-6-12-21(17)27-25(28)16-8-2-1-3-9-16/h1-15H,(H,27,28). The van der Waals surface area contributed by atoms with Gasteiger partial charge in [0.2, 0.25) is 0 Å². The number of benzene rings is 4. The van der Waals surface area contributed by atoms with E-state index in [9.17, 15) is 4.79 Å². The van der Waals surface area contributed by atoms with Crippen molar-refractivity contribution in [2.75, 3.05) is 5.32 Å². The minimum atomic E-state index is -0.110. The number of rotatable bonds is 3. The molecule has 4 aromatic carbocycles. The van der Waals surface area contributed by atoms with E-state index in [0.29, 0.717) is 5.56 Å². The van der Waals surface area contributed by atoms with Crippen LogP contribution in [0.15, 0.2) is 95.5 Å². The summed E-state index contributed by atoms with van der Waals surface area (Å²) in [7, 11) is 0. The van der Waals surface area contributed by atoms with Crippen LogP contribution in [-0.2, 0) is 0 Å². The van der Waals surface area contributed by atoms with E-state index in [1.54, 1.807) is 11.3 Å². The van der Waals surface area contributed by atoms with Gasteiger partial charge >= 0.3 is 0 Å². The van der Waals surface area contributed by atoms with Crippen molar-refractivity contribution in [3.05, 3.63) is 101 Å². The van der Waals surface area contributed by atoms with Crippen LogP contribution in [0, 0.1) is 0 Å². The van der Waals surface area contributed by atoms with Crippen molar-refractivity contribution in [3.63, 3.8) is 0 Å². The molecule has 0 aliphatic rings. The van der Waals surface area contributed by atoms with Gasteiger partial charge in [-0.2, -0.15) is 0 Å². The quantitative estimate of drug-likeness (QED) is 0.294. The summed E-state index contributed by atoms with van der Waals surface area (Å²) in [6.45, 7) is 0. The van der Waals surface area contributed by atoms with E-state index < -0.39 is 0 Å². The molecule has 0 aliphatic carbocycles. The highest BCUT2D eigenvalue weighted by molar-refractivity contribution is 9.10. The number of thiophene rings is 1. The van der Waals surface area contributed by atoms with Gasteiger partial charge in [0.1, 0.15) is 0 Å². The minimum absolute atomic E-state index is 0.110. The van der Waals surface area contributed by atoms with Gasteiger partial charge in [-0.3, -0.25) is 4.79 Å².